The maximum Gasteiger partial charge on any atom is 0.0925 e. The molecule has 3 heteroatoms. The van der Waals surface area contributed by atoms with Gasteiger partial charge in [-0.1, -0.05) is 33.1 Å². The highest BCUT2D eigenvalue weighted by Gasteiger charge is 2.25. The summed E-state index contributed by atoms with van der Waals surface area (Å²) in [5.74, 6) is 0. The van der Waals surface area contributed by atoms with Crippen molar-refractivity contribution in [3.05, 3.63) is 16.1 Å². The molecule has 1 N–H and O–H groups in total. The number of aryl methyl sites for hydroxylation is 1. The summed E-state index contributed by atoms with van der Waals surface area (Å²) in [4.78, 5) is 5.77. The van der Waals surface area contributed by atoms with Gasteiger partial charge in [0.05, 0.1) is 5.01 Å². The molecule has 1 heterocycles. The molecule has 0 bridgehead atoms. The molecule has 0 unspecified atom stereocenters. The van der Waals surface area contributed by atoms with Gasteiger partial charge in [-0.2, -0.15) is 0 Å². The fourth-order valence-corrected chi connectivity index (χ4v) is 3.49. The van der Waals surface area contributed by atoms with E-state index in [0.29, 0.717) is 5.41 Å². The van der Waals surface area contributed by atoms with E-state index in [1.807, 2.05) is 17.5 Å². The van der Waals surface area contributed by atoms with Gasteiger partial charge < -0.3 is 5.32 Å². The van der Waals surface area contributed by atoms with Crippen molar-refractivity contribution in [2.45, 2.75) is 58.9 Å². The molecule has 1 aliphatic rings. The van der Waals surface area contributed by atoms with Crippen LogP contribution in [0.4, 0.5) is 0 Å². The summed E-state index contributed by atoms with van der Waals surface area (Å²) in [6.45, 7) is 6.75. The summed E-state index contributed by atoms with van der Waals surface area (Å²) in [5.41, 5.74) is 0.538. The van der Waals surface area contributed by atoms with Crippen LogP contribution in [-0.4, -0.2) is 11.5 Å². The van der Waals surface area contributed by atoms with Crippen molar-refractivity contribution in [3.63, 3.8) is 0 Å². The molecular formula is C14H24N2S. The van der Waals surface area contributed by atoms with Gasteiger partial charge >= 0.3 is 0 Å². The van der Waals surface area contributed by atoms with Crippen molar-refractivity contribution < 1.29 is 0 Å². The van der Waals surface area contributed by atoms with Gasteiger partial charge in [0.2, 0.25) is 0 Å². The Morgan fingerprint density at radius 1 is 1.35 bits per heavy atom. The fourth-order valence-electron chi connectivity index (χ4n) is 2.66. The van der Waals surface area contributed by atoms with Crippen LogP contribution in [0, 0.1) is 5.41 Å². The Balaban J connectivity index is 1.74. The molecule has 0 spiro atoms. The molecule has 1 aromatic rings. The van der Waals surface area contributed by atoms with Crippen LogP contribution in [0.5, 0.6) is 0 Å². The quantitative estimate of drug-likeness (QED) is 0.863. The molecule has 1 aromatic heterocycles. The first-order valence-corrected chi connectivity index (χ1v) is 7.68. The van der Waals surface area contributed by atoms with Crippen molar-refractivity contribution in [1.29, 1.82) is 0 Å². The molecule has 1 aliphatic carbocycles. The fraction of sp³-hybridized carbons (Fsp3) is 0.786. The van der Waals surface area contributed by atoms with Crippen molar-refractivity contribution in [3.8, 4) is 0 Å². The molecule has 96 valence electrons. The van der Waals surface area contributed by atoms with E-state index in [-0.39, 0.29) is 0 Å². The van der Waals surface area contributed by atoms with E-state index in [2.05, 4.69) is 24.1 Å². The first kappa shape index (κ1) is 13.0. The number of aromatic nitrogens is 1. The Morgan fingerprint density at radius 2 is 2.12 bits per heavy atom. The molecule has 17 heavy (non-hydrogen) atoms. The molecule has 2 rings (SSSR count). The van der Waals surface area contributed by atoms with Gasteiger partial charge in [-0.25, -0.2) is 4.98 Å². The summed E-state index contributed by atoms with van der Waals surface area (Å²) < 4.78 is 0. The highest BCUT2D eigenvalue weighted by molar-refractivity contribution is 7.11. The summed E-state index contributed by atoms with van der Waals surface area (Å²) >= 11 is 1.84. The lowest BCUT2D eigenvalue weighted by atomic mass is 9.76. The summed E-state index contributed by atoms with van der Waals surface area (Å²) in [6, 6.07) is 0. The number of nitrogens with one attached hydrogen (secondary N) is 1. The van der Waals surface area contributed by atoms with Crippen molar-refractivity contribution in [2.24, 2.45) is 5.41 Å². The lowest BCUT2D eigenvalue weighted by molar-refractivity contribution is 0.208. The van der Waals surface area contributed by atoms with Crippen LogP contribution in [0.3, 0.4) is 0 Å². The largest absolute Gasteiger partial charge is 0.311 e. The van der Waals surface area contributed by atoms with E-state index < -0.39 is 0 Å². The highest BCUT2D eigenvalue weighted by Crippen LogP contribution is 2.34. The minimum Gasteiger partial charge on any atom is -0.311 e. The van der Waals surface area contributed by atoms with Gasteiger partial charge in [0.15, 0.2) is 0 Å². The Kier molecular flexibility index (Phi) is 4.57. The summed E-state index contributed by atoms with van der Waals surface area (Å²) in [7, 11) is 0. The van der Waals surface area contributed by atoms with E-state index in [0.717, 1.165) is 19.5 Å². The number of nitrogens with zero attached hydrogens (tertiary/aromatic N) is 1. The molecule has 0 aliphatic heterocycles. The number of hydrogen-bond acceptors (Lipinski definition) is 3. The van der Waals surface area contributed by atoms with E-state index in [4.69, 9.17) is 0 Å². The third kappa shape index (κ3) is 3.78. The zero-order valence-corrected chi connectivity index (χ0v) is 11.9. The summed E-state index contributed by atoms with van der Waals surface area (Å²) in [6.07, 6.45) is 10.1. The molecule has 1 fully saturated rings. The molecule has 1 saturated carbocycles. The minimum absolute atomic E-state index is 0.538. The van der Waals surface area contributed by atoms with Gasteiger partial charge in [0.25, 0.3) is 0 Å². The second-order valence-corrected chi connectivity index (χ2v) is 6.75. The first-order chi connectivity index (χ1) is 8.22. The van der Waals surface area contributed by atoms with Gasteiger partial charge in [-0.05, 0) is 24.7 Å². The molecule has 0 saturated heterocycles. The average molecular weight is 252 g/mol. The van der Waals surface area contributed by atoms with Gasteiger partial charge in [-0.3, -0.25) is 0 Å². The van der Waals surface area contributed by atoms with Gasteiger partial charge in [-0.15, -0.1) is 11.3 Å². The van der Waals surface area contributed by atoms with Crippen LogP contribution in [-0.2, 0) is 13.0 Å². The third-order valence-corrected chi connectivity index (χ3v) is 4.96. The second kappa shape index (κ2) is 5.96. The number of rotatable bonds is 5. The van der Waals surface area contributed by atoms with Crippen molar-refractivity contribution in [2.75, 3.05) is 6.54 Å². The minimum atomic E-state index is 0.538. The lowest BCUT2D eigenvalue weighted by Gasteiger charge is -2.33. The second-order valence-electron chi connectivity index (χ2n) is 5.55. The van der Waals surface area contributed by atoms with Crippen molar-refractivity contribution >= 4 is 11.3 Å². The first-order valence-electron chi connectivity index (χ1n) is 6.86. The van der Waals surface area contributed by atoms with Crippen LogP contribution in [0.1, 0.15) is 55.8 Å². The Bertz CT molecular complexity index is 340. The standard InChI is InChI=1S/C14H24N2S/c1-3-13-16-10-12(17-13)9-15-11-14(2)7-5-4-6-8-14/h10,15H,3-9,11H2,1-2H3. The van der Waals surface area contributed by atoms with E-state index in [9.17, 15) is 0 Å². The lowest BCUT2D eigenvalue weighted by Crippen LogP contribution is -2.33. The smallest absolute Gasteiger partial charge is 0.0925 e. The van der Waals surface area contributed by atoms with E-state index >= 15 is 0 Å². The zero-order valence-electron chi connectivity index (χ0n) is 11.1. The van der Waals surface area contributed by atoms with Crippen LogP contribution in [0.15, 0.2) is 6.20 Å². The summed E-state index contributed by atoms with van der Waals surface area (Å²) in [5, 5.41) is 4.87. The Labute approximate surface area is 109 Å². The van der Waals surface area contributed by atoms with Crippen LogP contribution in [0.25, 0.3) is 0 Å². The molecule has 0 radical (unpaired) electrons. The molecule has 0 aromatic carbocycles. The number of hydrogen-bond donors (Lipinski definition) is 1. The predicted molar refractivity (Wildman–Crippen MR) is 74.4 cm³/mol. The van der Waals surface area contributed by atoms with E-state index in [1.165, 1.54) is 42.0 Å². The van der Waals surface area contributed by atoms with Gasteiger partial charge in [0.1, 0.15) is 0 Å². The molecule has 2 nitrogen and oxygen atoms in total. The van der Waals surface area contributed by atoms with Crippen LogP contribution < -0.4 is 5.32 Å². The zero-order chi connectivity index (χ0) is 12.1. The topological polar surface area (TPSA) is 24.9 Å². The Hall–Kier alpha value is -0.410. The van der Waals surface area contributed by atoms with Crippen molar-refractivity contribution in [1.82, 2.24) is 10.3 Å². The highest BCUT2D eigenvalue weighted by atomic mass is 32.1. The number of thiazole rings is 1. The molecule has 0 amide bonds. The van der Waals surface area contributed by atoms with E-state index in [1.54, 1.807) is 0 Å². The monoisotopic (exact) mass is 252 g/mol. The van der Waals surface area contributed by atoms with Gasteiger partial charge in [0, 0.05) is 24.2 Å². The normalized spacial score (nSPS) is 19.4. The predicted octanol–water partition coefficient (Wildman–Crippen LogP) is 3.77. The SMILES string of the molecule is CCc1ncc(CNCC2(C)CCCCC2)s1. The average Bonchev–Trinajstić information content (AvgIpc) is 2.78. The molecule has 0 atom stereocenters. The third-order valence-electron chi connectivity index (χ3n) is 3.82. The van der Waals surface area contributed by atoms with Crippen LogP contribution >= 0.6 is 11.3 Å². The Morgan fingerprint density at radius 3 is 2.76 bits per heavy atom. The maximum atomic E-state index is 4.40. The maximum absolute atomic E-state index is 4.40. The molecular weight excluding hydrogens is 228 g/mol. The van der Waals surface area contributed by atoms with Crippen LogP contribution in [0.2, 0.25) is 0 Å².